The topological polar surface area (TPSA) is 42.9 Å². The molecule has 3 heterocycles. The molecule has 3 rings (SSSR count). The normalized spacial score (nSPS) is 10.7. The number of hydrogen-bond donors (Lipinski definition) is 0. The van der Waals surface area contributed by atoms with Crippen LogP contribution in [0.2, 0.25) is 0 Å². The molecule has 4 heteroatoms. The van der Waals surface area contributed by atoms with E-state index in [1.54, 1.807) is 29.9 Å². The molecular formula is C14H10N2OS. The predicted octanol–water partition coefficient (Wildman–Crippen LogP) is 3.23. The van der Waals surface area contributed by atoms with Crippen molar-refractivity contribution in [2.45, 2.75) is 6.92 Å². The quantitative estimate of drug-likeness (QED) is 0.659. The van der Waals surface area contributed by atoms with E-state index in [-0.39, 0.29) is 5.78 Å². The van der Waals surface area contributed by atoms with Crippen LogP contribution in [0.5, 0.6) is 0 Å². The van der Waals surface area contributed by atoms with Crippen LogP contribution in [0, 0.1) is 6.92 Å². The van der Waals surface area contributed by atoms with Gasteiger partial charge in [0, 0.05) is 29.7 Å². The van der Waals surface area contributed by atoms with E-state index in [4.69, 9.17) is 0 Å². The van der Waals surface area contributed by atoms with E-state index in [2.05, 4.69) is 9.97 Å². The largest absolute Gasteiger partial charge is 0.288 e. The van der Waals surface area contributed by atoms with E-state index < -0.39 is 0 Å². The van der Waals surface area contributed by atoms with Crippen molar-refractivity contribution in [1.82, 2.24) is 9.97 Å². The van der Waals surface area contributed by atoms with Crippen LogP contribution in [0.3, 0.4) is 0 Å². The molecule has 0 unspecified atom stereocenters. The van der Waals surface area contributed by atoms with Gasteiger partial charge >= 0.3 is 0 Å². The molecule has 0 saturated heterocycles. The number of ketones is 1. The van der Waals surface area contributed by atoms with Crippen LogP contribution in [0.15, 0.2) is 42.2 Å². The van der Waals surface area contributed by atoms with Gasteiger partial charge in [0.25, 0.3) is 0 Å². The molecule has 0 radical (unpaired) electrons. The molecule has 0 spiro atoms. The molecule has 0 amide bonds. The van der Waals surface area contributed by atoms with Gasteiger partial charge in [0.05, 0.1) is 10.2 Å². The number of rotatable bonds is 2. The first-order valence-corrected chi connectivity index (χ1v) is 6.41. The Balaban J connectivity index is 2.06. The maximum atomic E-state index is 12.3. The third kappa shape index (κ3) is 1.91. The number of hydrogen-bond acceptors (Lipinski definition) is 4. The highest BCUT2D eigenvalue weighted by Crippen LogP contribution is 2.21. The van der Waals surface area contributed by atoms with Crippen molar-refractivity contribution < 1.29 is 4.79 Å². The summed E-state index contributed by atoms with van der Waals surface area (Å²) < 4.78 is 1.03. The Kier molecular flexibility index (Phi) is 2.64. The van der Waals surface area contributed by atoms with Crippen LogP contribution in [0.25, 0.3) is 10.2 Å². The standard InChI is InChI=1S/C14H10N2OS/c1-9-4-10(7-15-6-9)14(17)11-5-13-12(16-8-11)2-3-18-13/h2-8H,1H3. The second-order valence-electron chi connectivity index (χ2n) is 4.11. The van der Waals surface area contributed by atoms with Crippen molar-refractivity contribution in [2.24, 2.45) is 0 Å². The van der Waals surface area contributed by atoms with Gasteiger partial charge in [-0.15, -0.1) is 11.3 Å². The zero-order chi connectivity index (χ0) is 12.5. The predicted molar refractivity (Wildman–Crippen MR) is 72.0 cm³/mol. The Hall–Kier alpha value is -2.07. The van der Waals surface area contributed by atoms with Crippen LogP contribution in [-0.2, 0) is 0 Å². The zero-order valence-electron chi connectivity index (χ0n) is 9.75. The highest BCUT2D eigenvalue weighted by Gasteiger charge is 2.11. The molecule has 0 aromatic carbocycles. The molecule has 0 bridgehead atoms. The van der Waals surface area contributed by atoms with E-state index >= 15 is 0 Å². The minimum atomic E-state index is -0.0333. The van der Waals surface area contributed by atoms with Crippen LogP contribution in [0.4, 0.5) is 0 Å². The van der Waals surface area contributed by atoms with E-state index in [0.717, 1.165) is 15.8 Å². The van der Waals surface area contributed by atoms with Gasteiger partial charge in [-0.2, -0.15) is 0 Å². The molecule has 0 atom stereocenters. The van der Waals surface area contributed by atoms with Gasteiger partial charge in [0.2, 0.25) is 0 Å². The van der Waals surface area contributed by atoms with E-state index in [1.165, 1.54) is 0 Å². The number of pyridine rings is 2. The molecule has 3 aromatic rings. The monoisotopic (exact) mass is 254 g/mol. The summed E-state index contributed by atoms with van der Waals surface area (Å²) in [6.45, 7) is 1.92. The highest BCUT2D eigenvalue weighted by molar-refractivity contribution is 7.17. The summed E-state index contributed by atoms with van der Waals surface area (Å²) in [5.74, 6) is -0.0333. The van der Waals surface area contributed by atoms with E-state index in [9.17, 15) is 4.79 Å². The molecule has 3 aromatic heterocycles. The Morgan fingerprint density at radius 1 is 1.17 bits per heavy atom. The summed E-state index contributed by atoms with van der Waals surface area (Å²) in [5, 5.41) is 1.97. The maximum Gasteiger partial charge on any atom is 0.196 e. The minimum Gasteiger partial charge on any atom is -0.288 e. The molecule has 0 aliphatic heterocycles. The number of thiophene rings is 1. The summed E-state index contributed by atoms with van der Waals surface area (Å²) in [6, 6.07) is 5.67. The average Bonchev–Trinajstić information content (AvgIpc) is 2.85. The molecule has 0 fully saturated rings. The first-order chi connectivity index (χ1) is 8.74. The Bertz CT molecular complexity index is 733. The smallest absolute Gasteiger partial charge is 0.196 e. The fourth-order valence-corrected chi connectivity index (χ4v) is 2.60. The van der Waals surface area contributed by atoms with Gasteiger partial charge in [-0.05, 0) is 36.1 Å². The third-order valence-electron chi connectivity index (χ3n) is 2.70. The Morgan fingerprint density at radius 2 is 2.00 bits per heavy atom. The number of aryl methyl sites for hydroxylation is 1. The number of carbonyl (C=O) groups excluding carboxylic acids is 1. The Morgan fingerprint density at radius 3 is 2.83 bits per heavy atom. The molecule has 0 aliphatic rings. The fourth-order valence-electron chi connectivity index (χ4n) is 1.82. The molecular weight excluding hydrogens is 244 g/mol. The lowest BCUT2D eigenvalue weighted by atomic mass is 10.1. The van der Waals surface area contributed by atoms with Gasteiger partial charge in [0.15, 0.2) is 5.78 Å². The van der Waals surface area contributed by atoms with Crippen molar-refractivity contribution in [3.63, 3.8) is 0 Å². The molecule has 88 valence electrons. The summed E-state index contributed by atoms with van der Waals surface area (Å²) in [7, 11) is 0. The molecule has 18 heavy (non-hydrogen) atoms. The SMILES string of the molecule is Cc1cncc(C(=O)c2cnc3ccsc3c2)c1. The first kappa shape index (κ1) is 11.0. The van der Waals surface area contributed by atoms with Gasteiger partial charge in [-0.3, -0.25) is 14.8 Å². The van der Waals surface area contributed by atoms with Crippen LogP contribution >= 0.6 is 11.3 Å². The number of fused-ring (bicyclic) bond motifs is 1. The van der Waals surface area contributed by atoms with Crippen molar-refractivity contribution in [3.8, 4) is 0 Å². The van der Waals surface area contributed by atoms with Gasteiger partial charge in [-0.1, -0.05) is 0 Å². The van der Waals surface area contributed by atoms with Crippen molar-refractivity contribution in [1.29, 1.82) is 0 Å². The lowest BCUT2D eigenvalue weighted by Gasteiger charge is -2.01. The van der Waals surface area contributed by atoms with Gasteiger partial charge in [-0.25, -0.2) is 0 Å². The van der Waals surface area contributed by atoms with Gasteiger partial charge < -0.3 is 0 Å². The lowest BCUT2D eigenvalue weighted by Crippen LogP contribution is -2.02. The van der Waals surface area contributed by atoms with E-state index in [0.29, 0.717) is 11.1 Å². The second kappa shape index (κ2) is 4.31. The summed E-state index contributed by atoms with van der Waals surface area (Å²) >= 11 is 1.59. The summed E-state index contributed by atoms with van der Waals surface area (Å²) in [6.07, 6.45) is 4.95. The highest BCUT2D eigenvalue weighted by atomic mass is 32.1. The Labute approximate surface area is 108 Å². The minimum absolute atomic E-state index is 0.0333. The lowest BCUT2D eigenvalue weighted by molar-refractivity contribution is 0.103. The fraction of sp³-hybridized carbons (Fsp3) is 0.0714. The van der Waals surface area contributed by atoms with Crippen LogP contribution < -0.4 is 0 Å². The third-order valence-corrected chi connectivity index (χ3v) is 3.56. The van der Waals surface area contributed by atoms with Crippen LogP contribution in [-0.4, -0.2) is 15.8 Å². The molecule has 0 N–H and O–H groups in total. The maximum absolute atomic E-state index is 12.3. The number of carbonyl (C=O) groups is 1. The number of aromatic nitrogens is 2. The summed E-state index contributed by atoms with van der Waals surface area (Å²) in [5.41, 5.74) is 3.12. The zero-order valence-corrected chi connectivity index (χ0v) is 10.6. The summed E-state index contributed by atoms with van der Waals surface area (Å²) in [4.78, 5) is 20.6. The average molecular weight is 254 g/mol. The van der Waals surface area contributed by atoms with Crippen molar-refractivity contribution in [3.05, 3.63) is 58.9 Å². The molecule has 0 aliphatic carbocycles. The van der Waals surface area contributed by atoms with Crippen molar-refractivity contribution in [2.75, 3.05) is 0 Å². The van der Waals surface area contributed by atoms with Crippen molar-refractivity contribution >= 4 is 27.3 Å². The first-order valence-electron chi connectivity index (χ1n) is 5.53. The molecule has 3 nitrogen and oxygen atoms in total. The van der Waals surface area contributed by atoms with Crippen LogP contribution in [0.1, 0.15) is 21.5 Å². The molecule has 0 saturated carbocycles. The van der Waals surface area contributed by atoms with E-state index in [1.807, 2.05) is 30.5 Å². The second-order valence-corrected chi connectivity index (χ2v) is 5.06. The number of nitrogens with zero attached hydrogens (tertiary/aromatic N) is 2. The van der Waals surface area contributed by atoms with Gasteiger partial charge in [0.1, 0.15) is 0 Å².